The number of aromatic nitrogens is 2. The fourth-order valence-corrected chi connectivity index (χ4v) is 5.56. The molecular weight excluding hydrogens is 504 g/mol. The molecule has 7 heteroatoms. The van der Waals surface area contributed by atoms with Gasteiger partial charge in [-0.2, -0.15) is 5.10 Å². The van der Waals surface area contributed by atoms with Crippen molar-refractivity contribution >= 4 is 40.0 Å². The first-order valence-corrected chi connectivity index (χ1v) is 14.0. The van der Waals surface area contributed by atoms with Crippen LogP contribution in [-0.2, 0) is 17.8 Å². The lowest BCUT2D eigenvalue weighted by molar-refractivity contribution is -0.146. The van der Waals surface area contributed by atoms with Crippen molar-refractivity contribution in [2.75, 3.05) is 5.43 Å². The number of carbonyl (C=O) groups is 1. The van der Waals surface area contributed by atoms with Gasteiger partial charge in [-0.05, 0) is 63.6 Å². The van der Waals surface area contributed by atoms with Gasteiger partial charge in [0.05, 0.1) is 22.5 Å². The molecule has 0 unspecified atom stereocenters. The number of benzene rings is 2. The molecule has 0 radical (unpaired) electrons. The average Bonchev–Trinajstić information content (AvgIpc) is 3.14. The molecule has 39 heavy (non-hydrogen) atoms. The van der Waals surface area contributed by atoms with Crippen LogP contribution < -0.4 is 5.43 Å². The number of thioether (sulfide) groups is 1. The maximum Gasteiger partial charge on any atom is 0.309 e. The number of hydrazone groups is 1. The van der Waals surface area contributed by atoms with Gasteiger partial charge < -0.3 is 9.67 Å². The van der Waals surface area contributed by atoms with Crippen molar-refractivity contribution in [3.05, 3.63) is 89.4 Å². The van der Waals surface area contributed by atoms with E-state index in [0.29, 0.717) is 13.0 Å². The topological polar surface area (TPSA) is 79.5 Å². The molecule has 2 aromatic heterocycles. The molecule has 2 heterocycles. The van der Waals surface area contributed by atoms with Crippen LogP contribution in [0.2, 0.25) is 0 Å². The van der Waals surface area contributed by atoms with E-state index in [0.717, 1.165) is 38.6 Å². The highest BCUT2D eigenvalue weighted by atomic mass is 32.2. The Balaban J connectivity index is 1.86. The van der Waals surface area contributed by atoms with Gasteiger partial charge in [0, 0.05) is 45.4 Å². The van der Waals surface area contributed by atoms with Crippen molar-refractivity contribution in [3.63, 3.8) is 0 Å². The van der Waals surface area contributed by atoms with Gasteiger partial charge in [0.1, 0.15) is 0 Å². The van der Waals surface area contributed by atoms with Crippen LogP contribution in [0.5, 0.6) is 0 Å². The third kappa shape index (κ3) is 6.90. The Hall–Kier alpha value is -3.58. The van der Waals surface area contributed by atoms with Crippen molar-refractivity contribution in [1.29, 1.82) is 0 Å². The number of aryl methyl sites for hydroxylation is 1. The van der Waals surface area contributed by atoms with E-state index in [1.165, 1.54) is 11.1 Å². The van der Waals surface area contributed by atoms with Crippen molar-refractivity contribution in [3.8, 4) is 0 Å². The fraction of sp³-hybridized carbons (Fsp3) is 0.344. The highest BCUT2D eigenvalue weighted by Crippen LogP contribution is 2.44. The van der Waals surface area contributed by atoms with Gasteiger partial charge in [-0.15, -0.1) is 11.8 Å². The average molecular weight is 543 g/mol. The molecule has 6 nitrogen and oxygen atoms in total. The summed E-state index contributed by atoms with van der Waals surface area (Å²) in [5.74, 6) is -0.803. The van der Waals surface area contributed by atoms with Gasteiger partial charge in [-0.3, -0.25) is 15.2 Å². The predicted molar refractivity (Wildman–Crippen MR) is 163 cm³/mol. The van der Waals surface area contributed by atoms with Crippen LogP contribution in [-0.4, -0.2) is 31.1 Å². The number of anilines is 1. The molecule has 0 amide bonds. The highest BCUT2D eigenvalue weighted by Gasteiger charge is 2.32. The van der Waals surface area contributed by atoms with Crippen LogP contribution in [0.3, 0.4) is 0 Å². The van der Waals surface area contributed by atoms with E-state index in [2.05, 4.69) is 84.2 Å². The molecule has 2 N–H and O–H groups in total. The number of rotatable bonds is 9. The highest BCUT2D eigenvalue weighted by molar-refractivity contribution is 8.00. The van der Waals surface area contributed by atoms with Gasteiger partial charge in [-0.25, -0.2) is 0 Å². The minimum Gasteiger partial charge on any atom is -0.481 e. The molecule has 2 aromatic carbocycles. The van der Waals surface area contributed by atoms with Crippen LogP contribution >= 0.6 is 11.8 Å². The molecule has 0 aliphatic heterocycles. The van der Waals surface area contributed by atoms with E-state index in [1.807, 2.05) is 31.2 Å². The molecule has 0 aliphatic carbocycles. The molecule has 0 fully saturated rings. The Morgan fingerprint density at radius 3 is 2.38 bits per heavy atom. The lowest BCUT2D eigenvalue weighted by Gasteiger charge is -2.24. The van der Waals surface area contributed by atoms with Gasteiger partial charge in [-0.1, -0.05) is 56.7 Å². The van der Waals surface area contributed by atoms with E-state index in [1.54, 1.807) is 31.8 Å². The SMILES string of the molecule is C/C(=N\Nc1ccc2c(c1)c(SC(C)(C)C)c(CC(C)(C)C(=O)O)n2Cc1ccc(C)cc1)c1ccccn1. The Bertz CT molecular complexity index is 1500. The summed E-state index contributed by atoms with van der Waals surface area (Å²) < 4.78 is 2.23. The first-order chi connectivity index (χ1) is 18.3. The summed E-state index contributed by atoms with van der Waals surface area (Å²) in [6.45, 7) is 14.9. The normalized spacial score (nSPS) is 12.6. The van der Waals surface area contributed by atoms with Crippen molar-refractivity contribution in [2.24, 2.45) is 10.5 Å². The summed E-state index contributed by atoms with van der Waals surface area (Å²) in [4.78, 5) is 17.7. The second-order valence-corrected chi connectivity index (χ2v) is 13.5. The first kappa shape index (κ1) is 28.4. The number of hydrogen-bond donors (Lipinski definition) is 2. The Morgan fingerprint density at radius 2 is 1.77 bits per heavy atom. The lowest BCUT2D eigenvalue weighted by Crippen LogP contribution is -2.28. The zero-order chi connectivity index (χ0) is 28.4. The minimum absolute atomic E-state index is 0.0672. The standard InChI is InChI=1S/C32H38N4O2S/c1-21-11-13-23(14-12-21)20-36-27-16-15-24(35-34-22(2)26-10-8-9-17-33-26)18-25(27)29(39-31(3,4)5)28(36)19-32(6,7)30(37)38/h8-18,35H,19-20H2,1-7H3,(H,37,38)/b34-22+. The van der Waals surface area contributed by atoms with Gasteiger partial charge >= 0.3 is 5.97 Å². The number of nitrogens with zero attached hydrogens (tertiary/aromatic N) is 3. The van der Waals surface area contributed by atoms with E-state index < -0.39 is 11.4 Å². The monoisotopic (exact) mass is 542 g/mol. The van der Waals surface area contributed by atoms with Crippen LogP contribution in [0, 0.1) is 12.3 Å². The number of carboxylic acid groups (broad SMARTS) is 1. The Labute approximate surface area is 235 Å². The molecule has 0 saturated carbocycles. The number of fused-ring (bicyclic) bond motifs is 1. The van der Waals surface area contributed by atoms with Crippen LogP contribution in [0.1, 0.15) is 64.1 Å². The van der Waals surface area contributed by atoms with E-state index in [4.69, 9.17) is 0 Å². The second kappa shape index (κ2) is 11.3. The molecule has 0 saturated heterocycles. The molecule has 0 bridgehead atoms. The fourth-order valence-electron chi connectivity index (χ4n) is 4.38. The summed E-state index contributed by atoms with van der Waals surface area (Å²) in [7, 11) is 0. The molecule has 4 rings (SSSR count). The summed E-state index contributed by atoms with van der Waals surface area (Å²) in [5, 5.41) is 15.7. The number of aliphatic carboxylic acids is 1. The van der Waals surface area contributed by atoms with E-state index in [9.17, 15) is 9.90 Å². The number of pyridine rings is 1. The molecule has 0 aliphatic rings. The lowest BCUT2D eigenvalue weighted by atomic mass is 9.88. The van der Waals surface area contributed by atoms with Crippen molar-refractivity contribution in [2.45, 2.75) is 71.1 Å². The third-order valence-electron chi connectivity index (χ3n) is 6.57. The summed E-state index contributed by atoms with van der Waals surface area (Å²) >= 11 is 1.79. The zero-order valence-electron chi connectivity index (χ0n) is 23.9. The van der Waals surface area contributed by atoms with Gasteiger partial charge in [0.25, 0.3) is 0 Å². The van der Waals surface area contributed by atoms with Crippen molar-refractivity contribution < 1.29 is 9.90 Å². The van der Waals surface area contributed by atoms with Gasteiger partial charge in [0.2, 0.25) is 0 Å². The first-order valence-electron chi connectivity index (χ1n) is 13.2. The number of nitrogens with one attached hydrogen (secondary N) is 1. The maximum absolute atomic E-state index is 12.2. The number of carboxylic acids is 1. The maximum atomic E-state index is 12.2. The zero-order valence-corrected chi connectivity index (χ0v) is 24.7. The van der Waals surface area contributed by atoms with Gasteiger partial charge in [0.15, 0.2) is 0 Å². The minimum atomic E-state index is -0.919. The smallest absolute Gasteiger partial charge is 0.309 e. The molecular formula is C32H38N4O2S. The Morgan fingerprint density at radius 1 is 1.05 bits per heavy atom. The van der Waals surface area contributed by atoms with Crippen LogP contribution in [0.4, 0.5) is 5.69 Å². The number of hydrogen-bond acceptors (Lipinski definition) is 5. The van der Waals surface area contributed by atoms with E-state index in [-0.39, 0.29) is 4.75 Å². The predicted octanol–water partition coefficient (Wildman–Crippen LogP) is 7.77. The van der Waals surface area contributed by atoms with E-state index >= 15 is 0 Å². The van der Waals surface area contributed by atoms with Crippen molar-refractivity contribution in [1.82, 2.24) is 9.55 Å². The summed E-state index contributed by atoms with van der Waals surface area (Å²) in [5.41, 5.74) is 9.28. The second-order valence-electron chi connectivity index (χ2n) is 11.7. The van der Waals surface area contributed by atoms with Crippen LogP contribution in [0.25, 0.3) is 10.9 Å². The third-order valence-corrected chi connectivity index (χ3v) is 7.84. The molecule has 4 aromatic rings. The molecule has 0 atom stereocenters. The molecule has 204 valence electrons. The molecule has 0 spiro atoms. The summed E-state index contributed by atoms with van der Waals surface area (Å²) in [6, 6.07) is 20.6. The Kier molecular flexibility index (Phi) is 8.21. The largest absolute Gasteiger partial charge is 0.481 e. The quantitative estimate of drug-likeness (QED) is 0.128. The van der Waals surface area contributed by atoms with Crippen LogP contribution in [0.15, 0.2) is 76.9 Å². The summed E-state index contributed by atoms with van der Waals surface area (Å²) in [6.07, 6.45) is 2.17.